The van der Waals surface area contributed by atoms with Crippen LogP contribution in [-0.2, 0) is 4.74 Å². The summed E-state index contributed by atoms with van der Waals surface area (Å²) < 4.78 is 18.9. The molecule has 0 aliphatic heterocycles. The summed E-state index contributed by atoms with van der Waals surface area (Å²) in [4.78, 5) is 11.3. The molecule has 0 saturated carbocycles. The summed E-state index contributed by atoms with van der Waals surface area (Å²) in [5.74, 6) is 2.03. The van der Waals surface area contributed by atoms with Crippen LogP contribution in [0.25, 0.3) is 28.1 Å². The minimum Gasteiger partial charge on any atom is -0.472 e. The summed E-state index contributed by atoms with van der Waals surface area (Å²) in [7, 11) is 1.71. The van der Waals surface area contributed by atoms with Crippen molar-refractivity contribution in [2.75, 3.05) is 38.3 Å². The van der Waals surface area contributed by atoms with E-state index in [1.54, 1.807) is 30.1 Å². The number of anilines is 1. The lowest BCUT2D eigenvalue weighted by Crippen LogP contribution is -2.28. The van der Waals surface area contributed by atoms with Gasteiger partial charge in [-0.15, -0.1) is 5.10 Å². The molecule has 0 aliphatic rings. The highest BCUT2D eigenvalue weighted by Gasteiger charge is 2.18. The first kappa shape index (κ1) is 21.1. The van der Waals surface area contributed by atoms with E-state index in [-0.39, 0.29) is 6.10 Å². The van der Waals surface area contributed by atoms with Crippen molar-refractivity contribution in [1.29, 1.82) is 0 Å². The van der Waals surface area contributed by atoms with Crippen LogP contribution < -0.4 is 15.4 Å². The van der Waals surface area contributed by atoms with Gasteiger partial charge in [-0.1, -0.05) is 6.92 Å². The molecule has 2 N–H and O–H groups in total. The summed E-state index contributed by atoms with van der Waals surface area (Å²) in [5.41, 5.74) is 7.86. The van der Waals surface area contributed by atoms with Gasteiger partial charge in [0.05, 0.1) is 18.2 Å². The Kier molecular flexibility index (Phi) is 6.34. The van der Waals surface area contributed by atoms with Gasteiger partial charge in [-0.05, 0) is 31.5 Å². The molecule has 31 heavy (non-hydrogen) atoms. The molecule has 1 atom stereocenters. The Bertz CT molecular complexity index is 1150. The SMILES string of the molecule is CCCN(CCOC)c1nccc2oc(-c3cnc4ccc(O[C@H](C)CN)nn34)cc12. The van der Waals surface area contributed by atoms with Crippen LogP contribution in [0.1, 0.15) is 20.3 Å². The Morgan fingerprint density at radius 1 is 1.23 bits per heavy atom. The first-order valence-electron chi connectivity index (χ1n) is 10.5. The summed E-state index contributed by atoms with van der Waals surface area (Å²) in [6.45, 7) is 6.73. The van der Waals surface area contributed by atoms with Gasteiger partial charge in [-0.2, -0.15) is 0 Å². The maximum atomic E-state index is 6.18. The molecule has 4 rings (SSSR count). The number of aromatic nitrogens is 4. The van der Waals surface area contributed by atoms with E-state index in [1.165, 1.54) is 0 Å². The van der Waals surface area contributed by atoms with Crippen LogP contribution in [-0.4, -0.2) is 59.0 Å². The Morgan fingerprint density at radius 2 is 2.10 bits per heavy atom. The minimum absolute atomic E-state index is 0.131. The largest absolute Gasteiger partial charge is 0.472 e. The molecule has 4 heterocycles. The lowest BCUT2D eigenvalue weighted by atomic mass is 10.2. The zero-order valence-electron chi connectivity index (χ0n) is 18.1. The van der Waals surface area contributed by atoms with Crippen molar-refractivity contribution in [3.63, 3.8) is 0 Å². The molecule has 0 saturated heterocycles. The van der Waals surface area contributed by atoms with Gasteiger partial charge in [-0.25, -0.2) is 14.5 Å². The Hall–Kier alpha value is -3.17. The topological polar surface area (TPSA) is 104 Å². The molecule has 0 radical (unpaired) electrons. The maximum absolute atomic E-state index is 6.18. The first-order chi connectivity index (χ1) is 15.1. The highest BCUT2D eigenvalue weighted by Crippen LogP contribution is 2.33. The van der Waals surface area contributed by atoms with Crippen LogP contribution in [0, 0.1) is 0 Å². The van der Waals surface area contributed by atoms with E-state index >= 15 is 0 Å². The third kappa shape index (κ3) is 4.33. The number of fused-ring (bicyclic) bond motifs is 2. The molecule has 0 aliphatic carbocycles. The summed E-state index contributed by atoms with van der Waals surface area (Å²) in [5, 5.41) is 5.52. The van der Waals surface area contributed by atoms with Crippen molar-refractivity contribution in [3.05, 3.63) is 36.7 Å². The molecule has 164 valence electrons. The van der Waals surface area contributed by atoms with Crippen molar-refractivity contribution in [2.45, 2.75) is 26.4 Å². The van der Waals surface area contributed by atoms with Crippen molar-refractivity contribution < 1.29 is 13.9 Å². The highest BCUT2D eigenvalue weighted by atomic mass is 16.5. The third-order valence-corrected chi connectivity index (χ3v) is 5.03. The van der Waals surface area contributed by atoms with Gasteiger partial charge in [0.25, 0.3) is 0 Å². The number of nitrogens with zero attached hydrogens (tertiary/aromatic N) is 5. The average molecular weight is 425 g/mol. The molecule has 0 aromatic carbocycles. The van der Waals surface area contributed by atoms with Gasteiger partial charge in [0.1, 0.15) is 23.2 Å². The van der Waals surface area contributed by atoms with E-state index in [2.05, 4.69) is 26.9 Å². The summed E-state index contributed by atoms with van der Waals surface area (Å²) in [6, 6.07) is 7.51. The fourth-order valence-corrected chi connectivity index (χ4v) is 3.46. The molecule has 0 spiro atoms. The van der Waals surface area contributed by atoms with Crippen LogP contribution in [0.15, 0.2) is 41.1 Å². The second-order valence-corrected chi connectivity index (χ2v) is 7.39. The smallest absolute Gasteiger partial charge is 0.232 e. The fourth-order valence-electron chi connectivity index (χ4n) is 3.46. The van der Waals surface area contributed by atoms with E-state index in [0.717, 1.165) is 42.0 Å². The van der Waals surface area contributed by atoms with Crippen LogP contribution in [0.3, 0.4) is 0 Å². The van der Waals surface area contributed by atoms with Gasteiger partial charge in [0.2, 0.25) is 5.88 Å². The van der Waals surface area contributed by atoms with E-state index in [4.69, 9.17) is 19.6 Å². The number of hydrogen-bond acceptors (Lipinski definition) is 8. The van der Waals surface area contributed by atoms with Crippen LogP contribution in [0.5, 0.6) is 5.88 Å². The molecular weight excluding hydrogens is 396 g/mol. The zero-order valence-corrected chi connectivity index (χ0v) is 18.1. The van der Waals surface area contributed by atoms with Gasteiger partial charge in [-0.3, -0.25) is 0 Å². The van der Waals surface area contributed by atoms with Crippen LogP contribution >= 0.6 is 0 Å². The predicted octanol–water partition coefficient (Wildman–Crippen LogP) is 3.13. The zero-order chi connectivity index (χ0) is 21.8. The monoisotopic (exact) mass is 424 g/mol. The number of methoxy groups -OCH3 is 1. The van der Waals surface area contributed by atoms with E-state index in [9.17, 15) is 0 Å². The molecule has 4 aromatic rings. The number of pyridine rings is 1. The molecule has 0 amide bonds. The van der Waals surface area contributed by atoms with Gasteiger partial charge < -0.3 is 24.5 Å². The van der Waals surface area contributed by atoms with Gasteiger partial charge in [0.15, 0.2) is 11.4 Å². The minimum atomic E-state index is -0.131. The molecule has 9 nitrogen and oxygen atoms in total. The van der Waals surface area contributed by atoms with Crippen molar-refractivity contribution >= 4 is 22.4 Å². The normalized spacial score (nSPS) is 12.5. The molecule has 0 unspecified atom stereocenters. The lowest BCUT2D eigenvalue weighted by molar-refractivity contribution is 0.205. The van der Waals surface area contributed by atoms with Gasteiger partial charge >= 0.3 is 0 Å². The van der Waals surface area contributed by atoms with Gasteiger partial charge in [0, 0.05) is 39.0 Å². The van der Waals surface area contributed by atoms with Crippen LogP contribution in [0.2, 0.25) is 0 Å². The van der Waals surface area contributed by atoms with Crippen molar-refractivity contribution in [1.82, 2.24) is 19.6 Å². The van der Waals surface area contributed by atoms with Crippen molar-refractivity contribution in [2.24, 2.45) is 5.73 Å². The lowest BCUT2D eigenvalue weighted by Gasteiger charge is -2.23. The number of imidazole rings is 1. The summed E-state index contributed by atoms with van der Waals surface area (Å²) >= 11 is 0. The molecular formula is C22H28N6O3. The third-order valence-electron chi connectivity index (χ3n) is 5.03. The summed E-state index contributed by atoms with van der Waals surface area (Å²) in [6.07, 6.45) is 4.40. The van der Waals surface area contributed by atoms with E-state index in [0.29, 0.717) is 30.4 Å². The standard InChI is InChI=1S/C22H28N6O3/c1-4-9-27(10-11-29-3)22-16-12-19(31-18(16)7-8-24-22)17-14-25-20-5-6-21(26-28(17)20)30-15(2)13-23/h5-8,12,14-15H,4,9-11,13,23H2,1-3H3/t15-/m1/s1. The maximum Gasteiger partial charge on any atom is 0.232 e. The molecule has 9 heteroatoms. The molecule has 4 aromatic heterocycles. The molecule has 0 bridgehead atoms. The Morgan fingerprint density at radius 3 is 2.87 bits per heavy atom. The van der Waals surface area contributed by atoms with Crippen molar-refractivity contribution in [3.8, 4) is 17.3 Å². The number of rotatable bonds is 10. The number of furan rings is 1. The highest BCUT2D eigenvalue weighted by molar-refractivity contribution is 5.91. The fraction of sp³-hybridized carbons (Fsp3) is 0.409. The van der Waals surface area contributed by atoms with E-state index < -0.39 is 0 Å². The molecule has 0 fully saturated rings. The number of nitrogens with two attached hydrogens (primary N) is 1. The van der Waals surface area contributed by atoms with Crippen LogP contribution in [0.4, 0.5) is 5.82 Å². The number of hydrogen-bond donors (Lipinski definition) is 1. The Labute approximate surface area is 180 Å². The first-order valence-corrected chi connectivity index (χ1v) is 10.5. The Balaban J connectivity index is 1.75. The number of ether oxygens (including phenoxy) is 2. The second kappa shape index (κ2) is 9.32. The quantitative estimate of drug-likeness (QED) is 0.414. The predicted molar refractivity (Wildman–Crippen MR) is 120 cm³/mol. The van der Waals surface area contributed by atoms with E-state index in [1.807, 2.05) is 25.1 Å². The second-order valence-electron chi connectivity index (χ2n) is 7.39. The average Bonchev–Trinajstić information content (AvgIpc) is 3.40.